The summed E-state index contributed by atoms with van der Waals surface area (Å²) in [5.41, 5.74) is -2.45. The number of rotatable bonds is 4. The van der Waals surface area contributed by atoms with Crippen LogP contribution in [0.1, 0.15) is 53.4 Å². The predicted molar refractivity (Wildman–Crippen MR) is 113 cm³/mol. The predicted octanol–water partition coefficient (Wildman–Crippen LogP) is 3.60. The highest BCUT2D eigenvalue weighted by Gasteiger charge is 2.71. The van der Waals surface area contributed by atoms with Gasteiger partial charge >= 0.3 is 11.9 Å². The largest absolute Gasteiger partial charge is 0.459 e. The van der Waals surface area contributed by atoms with Crippen molar-refractivity contribution in [3.63, 3.8) is 0 Å². The van der Waals surface area contributed by atoms with Crippen LogP contribution in [0.15, 0.2) is 35.5 Å². The molecule has 2 saturated carbocycles. The summed E-state index contributed by atoms with van der Waals surface area (Å²) in [6.45, 7) is 5.84. The SMILES string of the molecule is CC(=O)OCC(=O)C1=CC[C@H]2[C@@H]3CCC4=CC(=O)C=C[C@]4(C)C3(F)[C@@H](OC(C)=O)C[C@]12C. The molecule has 1 unspecified atom stereocenters. The van der Waals surface area contributed by atoms with Crippen molar-refractivity contribution in [3.05, 3.63) is 35.5 Å². The number of fused-ring (bicyclic) bond motifs is 5. The van der Waals surface area contributed by atoms with Gasteiger partial charge in [-0.15, -0.1) is 0 Å². The number of esters is 2. The van der Waals surface area contributed by atoms with Crippen molar-refractivity contribution in [1.29, 1.82) is 0 Å². The van der Waals surface area contributed by atoms with E-state index in [1.165, 1.54) is 26.0 Å². The molecule has 0 heterocycles. The van der Waals surface area contributed by atoms with Crippen LogP contribution in [0.25, 0.3) is 0 Å². The molecule has 0 aromatic heterocycles. The summed E-state index contributed by atoms with van der Waals surface area (Å²) in [5, 5.41) is 0. The van der Waals surface area contributed by atoms with E-state index < -0.39 is 40.5 Å². The molecule has 6 atom stereocenters. The lowest BCUT2D eigenvalue weighted by Crippen LogP contribution is -2.67. The van der Waals surface area contributed by atoms with Crippen LogP contribution in [-0.4, -0.2) is 41.9 Å². The highest BCUT2D eigenvalue weighted by Crippen LogP contribution is 2.68. The third-order valence-corrected chi connectivity index (χ3v) is 8.21. The number of halogens is 1. The molecule has 0 aromatic carbocycles. The molecule has 32 heavy (non-hydrogen) atoms. The first-order valence-corrected chi connectivity index (χ1v) is 11.1. The normalized spacial score (nSPS) is 39.8. The van der Waals surface area contributed by atoms with Crippen molar-refractivity contribution >= 4 is 23.5 Å². The van der Waals surface area contributed by atoms with Gasteiger partial charge in [-0.2, -0.15) is 0 Å². The third-order valence-electron chi connectivity index (χ3n) is 8.21. The van der Waals surface area contributed by atoms with E-state index in [1.807, 2.05) is 13.0 Å². The minimum atomic E-state index is -1.91. The van der Waals surface area contributed by atoms with Gasteiger partial charge in [-0.3, -0.25) is 19.2 Å². The van der Waals surface area contributed by atoms with Crippen molar-refractivity contribution in [2.45, 2.75) is 65.2 Å². The van der Waals surface area contributed by atoms with Gasteiger partial charge in [0, 0.05) is 36.2 Å². The van der Waals surface area contributed by atoms with Crippen LogP contribution in [-0.2, 0) is 28.7 Å². The molecule has 0 N–H and O–H groups in total. The smallest absolute Gasteiger partial charge is 0.303 e. The van der Waals surface area contributed by atoms with Gasteiger partial charge in [-0.25, -0.2) is 4.39 Å². The molecule has 0 saturated heterocycles. The second kappa shape index (κ2) is 7.49. The summed E-state index contributed by atoms with van der Waals surface area (Å²) < 4.78 is 28.0. The van der Waals surface area contributed by atoms with Gasteiger partial charge in [0.15, 0.2) is 23.8 Å². The molecule has 2 fully saturated rings. The van der Waals surface area contributed by atoms with E-state index >= 15 is 4.39 Å². The molecule has 0 radical (unpaired) electrons. The molecular weight excluding hydrogens is 415 g/mol. The fourth-order valence-corrected chi connectivity index (χ4v) is 6.75. The zero-order chi connectivity index (χ0) is 23.5. The summed E-state index contributed by atoms with van der Waals surface area (Å²) >= 11 is 0. The van der Waals surface area contributed by atoms with Crippen molar-refractivity contribution in [3.8, 4) is 0 Å². The van der Waals surface area contributed by atoms with Gasteiger partial charge < -0.3 is 9.47 Å². The number of carbonyl (C=O) groups excluding carboxylic acids is 4. The van der Waals surface area contributed by atoms with Crippen molar-refractivity contribution in [2.24, 2.45) is 22.7 Å². The topological polar surface area (TPSA) is 86.7 Å². The van der Waals surface area contributed by atoms with Crippen LogP contribution in [0.2, 0.25) is 0 Å². The van der Waals surface area contributed by atoms with Gasteiger partial charge in [0.25, 0.3) is 0 Å². The highest BCUT2D eigenvalue weighted by molar-refractivity contribution is 6.01. The van der Waals surface area contributed by atoms with Crippen LogP contribution >= 0.6 is 0 Å². The fraction of sp³-hybridized carbons (Fsp3) is 0.600. The first kappa shape index (κ1) is 22.6. The monoisotopic (exact) mass is 444 g/mol. The fourth-order valence-electron chi connectivity index (χ4n) is 6.75. The molecule has 7 heteroatoms. The van der Waals surface area contributed by atoms with Gasteiger partial charge in [-0.1, -0.05) is 24.6 Å². The lowest BCUT2D eigenvalue weighted by atomic mass is 9.45. The molecule has 4 rings (SSSR count). The Labute approximate surface area is 186 Å². The van der Waals surface area contributed by atoms with Crippen LogP contribution in [0.4, 0.5) is 4.39 Å². The lowest BCUT2D eigenvalue weighted by molar-refractivity contribution is -0.206. The number of carbonyl (C=O) groups is 4. The van der Waals surface area contributed by atoms with Crippen molar-refractivity contribution in [2.75, 3.05) is 6.61 Å². The minimum absolute atomic E-state index is 0.145. The molecule has 4 aliphatic rings. The Morgan fingerprint density at radius 2 is 1.88 bits per heavy atom. The Hall–Kier alpha value is -2.57. The molecule has 0 spiro atoms. The van der Waals surface area contributed by atoms with Gasteiger partial charge in [0.05, 0.1) is 0 Å². The molecule has 0 bridgehead atoms. The van der Waals surface area contributed by atoms with E-state index in [0.29, 0.717) is 24.8 Å². The average molecular weight is 444 g/mol. The van der Waals surface area contributed by atoms with Gasteiger partial charge in [-0.05, 0) is 50.7 Å². The van der Waals surface area contributed by atoms with Gasteiger partial charge in [0.2, 0.25) is 0 Å². The lowest BCUT2D eigenvalue weighted by Gasteiger charge is -2.62. The summed E-state index contributed by atoms with van der Waals surface area (Å²) in [5.74, 6) is -2.23. The van der Waals surface area contributed by atoms with E-state index in [-0.39, 0.29) is 30.5 Å². The molecule has 0 amide bonds. The standard InChI is InChI=1S/C25H29FO6/c1-14(27)31-13-21(30)20-8-7-18-19-6-5-16-11-17(29)9-10-24(16,4)25(19,26)22(32-15(2)28)12-23(18,20)3/h8-11,18-19,22H,5-7,12-13H2,1-4H3/t18-,19-,22-,23-,24-,25?/m0/s1. The first-order valence-electron chi connectivity index (χ1n) is 11.1. The molecule has 0 aromatic rings. The Morgan fingerprint density at radius 3 is 2.53 bits per heavy atom. The summed E-state index contributed by atoms with van der Waals surface area (Å²) in [4.78, 5) is 48.1. The number of Topliss-reactive ketones (excluding diaryl/α,β-unsaturated/α-hetero) is 1. The summed E-state index contributed by atoms with van der Waals surface area (Å²) in [6, 6.07) is 0. The summed E-state index contributed by atoms with van der Waals surface area (Å²) in [6.07, 6.45) is 7.03. The Kier molecular flexibility index (Phi) is 5.30. The highest BCUT2D eigenvalue weighted by atomic mass is 19.1. The number of alkyl halides is 1. The van der Waals surface area contributed by atoms with E-state index in [9.17, 15) is 19.2 Å². The first-order chi connectivity index (χ1) is 14.9. The Bertz CT molecular complexity index is 992. The number of allylic oxidation sites excluding steroid dienone is 5. The van der Waals surface area contributed by atoms with E-state index in [1.54, 1.807) is 13.0 Å². The Morgan fingerprint density at radius 1 is 1.16 bits per heavy atom. The number of ketones is 2. The van der Waals surface area contributed by atoms with Crippen LogP contribution in [0.5, 0.6) is 0 Å². The van der Waals surface area contributed by atoms with Crippen LogP contribution in [0.3, 0.4) is 0 Å². The number of hydrogen-bond donors (Lipinski definition) is 0. The van der Waals surface area contributed by atoms with Crippen LogP contribution in [0, 0.1) is 22.7 Å². The minimum Gasteiger partial charge on any atom is -0.459 e. The molecule has 4 aliphatic carbocycles. The maximum atomic E-state index is 17.4. The molecular formula is C25H29FO6. The number of ether oxygens (including phenoxy) is 2. The zero-order valence-corrected chi connectivity index (χ0v) is 18.9. The average Bonchev–Trinajstić information content (AvgIpc) is 3.04. The zero-order valence-electron chi connectivity index (χ0n) is 18.9. The summed E-state index contributed by atoms with van der Waals surface area (Å²) in [7, 11) is 0. The second-order valence-corrected chi connectivity index (χ2v) is 9.90. The van der Waals surface area contributed by atoms with E-state index in [0.717, 1.165) is 5.57 Å². The van der Waals surface area contributed by atoms with Gasteiger partial charge in [0.1, 0.15) is 6.10 Å². The van der Waals surface area contributed by atoms with Crippen molar-refractivity contribution < 1.29 is 33.0 Å². The molecule has 172 valence electrons. The number of hydrogen-bond acceptors (Lipinski definition) is 6. The maximum Gasteiger partial charge on any atom is 0.303 e. The van der Waals surface area contributed by atoms with Crippen LogP contribution < -0.4 is 0 Å². The van der Waals surface area contributed by atoms with E-state index in [4.69, 9.17) is 9.47 Å². The maximum absolute atomic E-state index is 17.4. The molecule has 0 aliphatic heterocycles. The van der Waals surface area contributed by atoms with E-state index in [2.05, 4.69) is 0 Å². The third kappa shape index (κ3) is 3.11. The van der Waals surface area contributed by atoms with Crippen molar-refractivity contribution in [1.82, 2.24) is 0 Å². The Balaban J connectivity index is 1.76. The second-order valence-electron chi connectivity index (χ2n) is 9.90. The molecule has 6 nitrogen and oxygen atoms in total. The quantitative estimate of drug-likeness (QED) is 0.616.